The minimum absolute atomic E-state index is 0.137. The zero-order valence-electron chi connectivity index (χ0n) is 27.5. The number of anilines is 2. The monoisotopic (exact) mass is 654 g/mol. The highest BCUT2D eigenvalue weighted by Crippen LogP contribution is 2.36. The van der Waals surface area contributed by atoms with Crippen molar-refractivity contribution in [3.63, 3.8) is 0 Å². The van der Waals surface area contributed by atoms with Crippen molar-refractivity contribution in [1.29, 1.82) is 10.7 Å². The van der Waals surface area contributed by atoms with Gasteiger partial charge in [-0.3, -0.25) is 15.0 Å². The smallest absolute Gasteiger partial charge is 0.257 e. The average Bonchev–Trinajstić information content (AvgIpc) is 3.76. The summed E-state index contributed by atoms with van der Waals surface area (Å²) in [5.41, 5.74) is 2.64. The normalized spacial score (nSPS) is 22.0. The number of aromatic nitrogens is 5. The molecular formula is C34H42N10O4. The molecule has 1 aromatic carbocycles. The fraction of sp³-hybridized carbons (Fsp3) is 0.471. The van der Waals surface area contributed by atoms with E-state index in [1.54, 1.807) is 30.7 Å². The van der Waals surface area contributed by atoms with Gasteiger partial charge in [-0.15, -0.1) is 5.10 Å². The predicted molar refractivity (Wildman–Crippen MR) is 178 cm³/mol. The molecule has 0 spiro atoms. The second kappa shape index (κ2) is 15.3. The number of nitriles is 1. The molecule has 1 saturated heterocycles. The molecule has 0 amide bonds. The second-order valence-electron chi connectivity index (χ2n) is 12.4. The molecule has 2 aliphatic rings. The first kappa shape index (κ1) is 32.9. The maximum absolute atomic E-state index is 9.58. The average molecular weight is 655 g/mol. The molecule has 4 aromatic rings. The lowest BCUT2D eigenvalue weighted by Crippen LogP contribution is -2.51. The Morgan fingerprint density at radius 2 is 1.83 bits per heavy atom. The Morgan fingerprint density at radius 3 is 2.52 bits per heavy atom. The summed E-state index contributed by atoms with van der Waals surface area (Å²) in [7, 11) is 0. The summed E-state index contributed by atoms with van der Waals surface area (Å²) in [4.78, 5) is 15.9. The van der Waals surface area contributed by atoms with Crippen molar-refractivity contribution in [2.24, 2.45) is 0 Å². The van der Waals surface area contributed by atoms with E-state index in [0.29, 0.717) is 47.3 Å². The zero-order chi connectivity index (χ0) is 33.5. The summed E-state index contributed by atoms with van der Waals surface area (Å²) in [6, 6.07) is 8.34. The molecule has 3 aromatic heterocycles. The molecule has 6 rings (SSSR count). The molecule has 1 aliphatic carbocycles. The van der Waals surface area contributed by atoms with E-state index in [2.05, 4.69) is 50.4 Å². The van der Waals surface area contributed by atoms with Crippen molar-refractivity contribution in [3.05, 3.63) is 60.7 Å². The van der Waals surface area contributed by atoms with Crippen LogP contribution in [0.2, 0.25) is 0 Å². The molecule has 1 aliphatic heterocycles. The van der Waals surface area contributed by atoms with Crippen LogP contribution in [0.5, 0.6) is 11.6 Å². The Labute approximate surface area is 279 Å². The van der Waals surface area contributed by atoms with Crippen LogP contribution < -0.4 is 20.1 Å². The maximum Gasteiger partial charge on any atom is 0.257 e. The van der Waals surface area contributed by atoms with E-state index in [9.17, 15) is 5.26 Å². The lowest BCUT2D eigenvalue weighted by Gasteiger charge is -2.42. The number of hydrogen-bond donors (Lipinski definition) is 3. The first-order chi connectivity index (χ1) is 23.4. The largest absolute Gasteiger partial charge is 0.487 e. The molecule has 0 unspecified atom stereocenters. The quantitative estimate of drug-likeness (QED) is 0.129. The third-order valence-corrected chi connectivity index (χ3v) is 8.69. The molecular weight excluding hydrogens is 612 g/mol. The molecule has 252 valence electrons. The second-order valence-corrected chi connectivity index (χ2v) is 12.4. The molecule has 1 saturated carbocycles. The van der Waals surface area contributed by atoms with Crippen molar-refractivity contribution in [3.8, 4) is 28.8 Å². The third kappa shape index (κ3) is 8.10. The van der Waals surface area contributed by atoms with E-state index in [1.807, 2.05) is 23.9 Å². The van der Waals surface area contributed by atoms with E-state index in [4.69, 9.17) is 29.1 Å². The summed E-state index contributed by atoms with van der Waals surface area (Å²) in [6.07, 6.45) is 14.1. The number of morpholine rings is 1. The fourth-order valence-corrected chi connectivity index (χ4v) is 6.45. The fourth-order valence-electron chi connectivity index (χ4n) is 6.45. The van der Waals surface area contributed by atoms with Gasteiger partial charge in [-0.05, 0) is 64.2 Å². The van der Waals surface area contributed by atoms with E-state index >= 15 is 0 Å². The van der Waals surface area contributed by atoms with Crippen LogP contribution in [0.4, 0.5) is 11.6 Å². The third-order valence-electron chi connectivity index (χ3n) is 8.69. The Balaban J connectivity index is 1.15. The lowest BCUT2D eigenvalue weighted by atomic mass is 9.89. The Hall–Kier alpha value is -5.00. The van der Waals surface area contributed by atoms with Gasteiger partial charge >= 0.3 is 0 Å². The van der Waals surface area contributed by atoms with Crippen LogP contribution in [-0.2, 0) is 11.3 Å². The van der Waals surface area contributed by atoms with Crippen LogP contribution in [0, 0.1) is 16.7 Å². The van der Waals surface area contributed by atoms with Gasteiger partial charge in [0.15, 0.2) is 6.61 Å². The van der Waals surface area contributed by atoms with Crippen molar-refractivity contribution in [1.82, 2.24) is 34.9 Å². The summed E-state index contributed by atoms with van der Waals surface area (Å²) in [6.45, 7) is 8.73. The first-order valence-electron chi connectivity index (χ1n) is 16.4. The molecule has 14 nitrogen and oxygen atoms in total. The summed E-state index contributed by atoms with van der Waals surface area (Å²) < 4.78 is 25.4. The van der Waals surface area contributed by atoms with E-state index in [0.717, 1.165) is 56.2 Å². The number of oxazole rings is 1. The predicted octanol–water partition coefficient (Wildman–Crippen LogP) is 5.08. The van der Waals surface area contributed by atoms with Crippen LogP contribution in [-0.4, -0.2) is 80.0 Å². The summed E-state index contributed by atoms with van der Waals surface area (Å²) in [5, 5.41) is 27.7. The van der Waals surface area contributed by atoms with Gasteiger partial charge in [0.05, 0.1) is 49.1 Å². The minimum atomic E-state index is -0.245. The Kier molecular flexibility index (Phi) is 10.5. The SMILES string of the molecule is C[C@@H]1CN([C@H]2CC[C@H](n3cc(Nc4ncc(-c5ccc(C#N)c(O[C@@H](C)CNC=N)c5)cn4)c(OCc4ncco4)n3)CC2)C[C@H](C)O1. The van der Waals surface area contributed by atoms with Crippen molar-refractivity contribution >= 4 is 18.0 Å². The van der Waals surface area contributed by atoms with Crippen LogP contribution in [0.1, 0.15) is 64.0 Å². The van der Waals surface area contributed by atoms with Gasteiger partial charge in [-0.2, -0.15) is 5.26 Å². The van der Waals surface area contributed by atoms with E-state index in [-0.39, 0.29) is 31.0 Å². The summed E-state index contributed by atoms with van der Waals surface area (Å²) >= 11 is 0. The highest BCUT2D eigenvalue weighted by Gasteiger charge is 2.32. The zero-order valence-corrected chi connectivity index (χ0v) is 27.5. The molecule has 14 heteroatoms. The van der Waals surface area contributed by atoms with Crippen LogP contribution in [0.25, 0.3) is 11.1 Å². The molecule has 3 atom stereocenters. The first-order valence-corrected chi connectivity index (χ1v) is 16.4. The van der Waals surface area contributed by atoms with Crippen molar-refractivity contribution < 1.29 is 18.6 Å². The van der Waals surface area contributed by atoms with E-state index < -0.39 is 0 Å². The Morgan fingerprint density at radius 1 is 1.08 bits per heavy atom. The molecule has 0 radical (unpaired) electrons. The van der Waals surface area contributed by atoms with Crippen LogP contribution >= 0.6 is 0 Å². The van der Waals surface area contributed by atoms with Crippen molar-refractivity contribution in [2.75, 3.05) is 25.0 Å². The standard InChI is InChI=1S/C34H42N10O4/c1-22(14-37-21-36)48-31-12-25(4-5-26(31)13-35)27-15-39-34(40-16-27)41-30-19-44(42-33(30)46-20-32-38-10-11-45-32)29-8-6-28(7-9-29)43-17-23(2)47-24(3)18-43/h4-5,10-12,15-16,19,21-24,28-29H,6-9,14,17-18,20H2,1-3H3,(H2,36,37)(H,39,40,41)/t22-,23-,24+,28-,29-/m0/s1. The molecule has 3 N–H and O–H groups in total. The number of nitrogens with one attached hydrogen (secondary N) is 3. The van der Waals surface area contributed by atoms with E-state index in [1.165, 1.54) is 6.26 Å². The lowest BCUT2D eigenvalue weighted by molar-refractivity contribution is -0.0852. The van der Waals surface area contributed by atoms with Crippen LogP contribution in [0.3, 0.4) is 0 Å². The topological polar surface area (TPSA) is 172 Å². The van der Waals surface area contributed by atoms with Crippen LogP contribution in [0.15, 0.2) is 53.7 Å². The Bertz CT molecular complexity index is 1670. The van der Waals surface area contributed by atoms with Gasteiger partial charge in [0.25, 0.3) is 5.88 Å². The molecule has 4 heterocycles. The van der Waals surface area contributed by atoms with Gasteiger partial charge in [-0.1, -0.05) is 6.07 Å². The van der Waals surface area contributed by atoms with Gasteiger partial charge in [0.1, 0.15) is 29.9 Å². The van der Waals surface area contributed by atoms with Crippen molar-refractivity contribution in [2.45, 2.75) is 83.5 Å². The summed E-state index contributed by atoms with van der Waals surface area (Å²) in [5.74, 6) is 1.71. The molecule has 2 fully saturated rings. The van der Waals surface area contributed by atoms with Gasteiger partial charge in [0.2, 0.25) is 11.8 Å². The number of benzene rings is 1. The maximum atomic E-state index is 9.58. The van der Waals surface area contributed by atoms with Gasteiger partial charge in [-0.25, -0.2) is 15.0 Å². The number of hydrogen-bond acceptors (Lipinski definition) is 12. The molecule has 48 heavy (non-hydrogen) atoms. The van der Waals surface area contributed by atoms with Gasteiger partial charge in [0, 0.05) is 37.1 Å². The highest BCUT2D eigenvalue weighted by atomic mass is 16.5. The number of nitrogens with zero attached hydrogens (tertiary/aromatic N) is 7. The molecule has 0 bridgehead atoms. The number of ether oxygens (including phenoxy) is 3. The minimum Gasteiger partial charge on any atom is -0.487 e. The van der Waals surface area contributed by atoms with Gasteiger partial charge < -0.3 is 29.3 Å². The number of rotatable bonds is 13. The highest BCUT2D eigenvalue weighted by molar-refractivity contribution is 5.67.